The number of aromatic nitrogens is 2. The minimum Gasteiger partial charge on any atom is -0.369 e. The molecule has 0 aliphatic carbocycles. The molecule has 3 aliphatic rings. The number of hydrogen-bond donors (Lipinski definition) is 2. The molecule has 2 amide bonds. The molecule has 32 heavy (non-hydrogen) atoms. The smallest absolute Gasteiger partial charge is 0.235 e. The number of piperidine rings is 2. The van der Waals surface area contributed by atoms with Gasteiger partial charge in [-0.15, -0.1) is 0 Å². The molecular formula is C24H34N6O2. The molecule has 0 saturated carbocycles. The van der Waals surface area contributed by atoms with Crippen molar-refractivity contribution in [1.29, 1.82) is 0 Å². The maximum atomic E-state index is 12.4. The third-order valence-corrected chi connectivity index (χ3v) is 7.63. The van der Waals surface area contributed by atoms with E-state index in [0.717, 1.165) is 67.7 Å². The minimum absolute atomic E-state index is 0.192. The Hall–Kier alpha value is -2.45. The molecule has 8 heteroatoms. The molecule has 5 rings (SSSR count). The zero-order valence-electron chi connectivity index (χ0n) is 19.1. The first kappa shape index (κ1) is 21.4. The Balaban J connectivity index is 1.27. The molecule has 1 unspecified atom stereocenters. The van der Waals surface area contributed by atoms with E-state index >= 15 is 0 Å². The number of imide groups is 1. The largest absolute Gasteiger partial charge is 0.369 e. The van der Waals surface area contributed by atoms with E-state index < -0.39 is 0 Å². The summed E-state index contributed by atoms with van der Waals surface area (Å²) in [5.41, 5.74) is 3.03. The van der Waals surface area contributed by atoms with Crippen LogP contribution in [0.1, 0.15) is 37.8 Å². The van der Waals surface area contributed by atoms with Gasteiger partial charge in [0, 0.05) is 57.3 Å². The van der Waals surface area contributed by atoms with Gasteiger partial charge in [-0.2, -0.15) is 5.10 Å². The number of piperazine rings is 1. The van der Waals surface area contributed by atoms with Gasteiger partial charge in [0.05, 0.1) is 17.1 Å². The number of nitrogens with zero attached hydrogens (tertiary/aromatic N) is 4. The molecule has 0 radical (unpaired) electrons. The number of rotatable bonds is 4. The van der Waals surface area contributed by atoms with E-state index in [4.69, 9.17) is 0 Å². The Bertz CT molecular complexity index is 1010. The highest BCUT2D eigenvalue weighted by Crippen LogP contribution is 2.32. The fourth-order valence-electron chi connectivity index (χ4n) is 5.54. The number of amides is 2. The normalized spacial score (nSPS) is 27.7. The number of fused-ring (bicyclic) bond motifs is 1. The quantitative estimate of drug-likeness (QED) is 0.704. The average molecular weight is 439 g/mol. The highest BCUT2D eigenvalue weighted by Gasteiger charge is 2.32. The molecule has 0 bridgehead atoms. The van der Waals surface area contributed by atoms with Crippen molar-refractivity contribution in [1.82, 2.24) is 25.3 Å². The van der Waals surface area contributed by atoms with Crippen LogP contribution in [-0.4, -0.2) is 72.3 Å². The number of carbonyl (C=O) groups excluding carboxylic acids is 2. The molecule has 3 atom stereocenters. The van der Waals surface area contributed by atoms with Gasteiger partial charge in [-0.3, -0.25) is 24.5 Å². The monoisotopic (exact) mass is 438 g/mol. The second-order valence-electron chi connectivity index (χ2n) is 9.73. The summed E-state index contributed by atoms with van der Waals surface area (Å²) in [4.78, 5) is 29.0. The first-order valence-corrected chi connectivity index (χ1v) is 12.0. The number of anilines is 1. The predicted molar refractivity (Wildman–Crippen MR) is 125 cm³/mol. The predicted octanol–water partition coefficient (Wildman–Crippen LogP) is 1.46. The molecule has 3 aliphatic heterocycles. The molecule has 172 valence electrons. The molecular weight excluding hydrogens is 404 g/mol. The lowest BCUT2D eigenvalue weighted by Gasteiger charge is -2.40. The van der Waals surface area contributed by atoms with Crippen molar-refractivity contribution in [2.24, 2.45) is 18.9 Å². The third-order valence-electron chi connectivity index (χ3n) is 7.63. The van der Waals surface area contributed by atoms with E-state index in [1.807, 2.05) is 11.7 Å². The topological polar surface area (TPSA) is 82.5 Å². The molecule has 2 aromatic rings. The third kappa shape index (κ3) is 4.13. The maximum absolute atomic E-state index is 12.4. The average Bonchev–Trinajstić information content (AvgIpc) is 3.11. The van der Waals surface area contributed by atoms with Gasteiger partial charge in [0.25, 0.3) is 0 Å². The Morgan fingerprint density at radius 1 is 1.12 bits per heavy atom. The SMILES string of the molecule is C[C@H]1CNCC[C@H]1CN1CCN(c2ccc3c(C4CCC(=O)NC4=O)nn(C)c3c2)CC1. The molecule has 1 aromatic carbocycles. The summed E-state index contributed by atoms with van der Waals surface area (Å²) in [6.45, 7) is 10.2. The first-order chi connectivity index (χ1) is 15.5. The van der Waals surface area contributed by atoms with Crippen molar-refractivity contribution in [2.45, 2.75) is 32.1 Å². The zero-order valence-corrected chi connectivity index (χ0v) is 19.1. The van der Waals surface area contributed by atoms with Crippen LogP contribution in [0.4, 0.5) is 5.69 Å². The molecule has 3 fully saturated rings. The van der Waals surface area contributed by atoms with E-state index in [0.29, 0.717) is 12.8 Å². The van der Waals surface area contributed by atoms with Gasteiger partial charge in [-0.25, -0.2) is 0 Å². The second-order valence-corrected chi connectivity index (χ2v) is 9.73. The first-order valence-electron chi connectivity index (χ1n) is 12.0. The van der Waals surface area contributed by atoms with Gasteiger partial charge in [0.15, 0.2) is 0 Å². The van der Waals surface area contributed by atoms with E-state index in [2.05, 4.69) is 50.7 Å². The van der Waals surface area contributed by atoms with Crippen LogP contribution in [-0.2, 0) is 16.6 Å². The van der Waals surface area contributed by atoms with Gasteiger partial charge in [-0.05, 0) is 56.0 Å². The molecule has 8 nitrogen and oxygen atoms in total. The Morgan fingerprint density at radius 2 is 1.94 bits per heavy atom. The highest BCUT2D eigenvalue weighted by atomic mass is 16.2. The lowest BCUT2D eigenvalue weighted by atomic mass is 9.87. The zero-order chi connectivity index (χ0) is 22.2. The summed E-state index contributed by atoms with van der Waals surface area (Å²) >= 11 is 0. The van der Waals surface area contributed by atoms with Crippen LogP contribution in [0, 0.1) is 11.8 Å². The fourth-order valence-corrected chi connectivity index (χ4v) is 5.54. The number of hydrogen-bond acceptors (Lipinski definition) is 6. The Morgan fingerprint density at radius 3 is 2.69 bits per heavy atom. The number of carbonyl (C=O) groups is 2. The van der Waals surface area contributed by atoms with Crippen molar-refractivity contribution >= 4 is 28.4 Å². The van der Waals surface area contributed by atoms with Crippen LogP contribution in [0.3, 0.4) is 0 Å². The fraction of sp³-hybridized carbons (Fsp3) is 0.625. The summed E-state index contributed by atoms with van der Waals surface area (Å²) in [6, 6.07) is 6.45. The lowest BCUT2D eigenvalue weighted by molar-refractivity contribution is -0.134. The van der Waals surface area contributed by atoms with E-state index in [1.165, 1.54) is 18.7 Å². The molecule has 0 spiro atoms. The van der Waals surface area contributed by atoms with E-state index in [-0.39, 0.29) is 17.7 Å². The number of nitrogens with one attached hydrogen (secondary N) is 2. The Labute approximate surface area is 189 Å². The lowest BCUT2D eigenvalue weighted by Crippen LogP contribution is -2.49. The van der Waals surface area contributed by atoms with Crippen molar-refractivity contribution in [3.8, 4) is 0 Å². The molecule has 3 saturated heterocycles. The van der Waals surface area contributed by atoms with Gasteiger partial charge in [0.2, 0.25) is 11.8 Å². The summed E-state index contributed by atoms with van der Waals surface area (Å²) in [7, 11) is 1.93. The standard InChI is InChI=1S/C24H34N6O2/c1-16-14-25-8-7-17(16)15-29-9-11-30(12-10-29)18-3-4-19-21(13-18)28(2)27-23(19)20-5-6-22(31)26-24(20)32/h3-4,13,16-17,20,25H,5-12,14-15H2,1-2H3,(H,26,31,32)/t16-,17-,20?/m0/s1. The highest BCUT2D eigenvalue weighted by molar-refractivity contribution is 6.02. The number of benzene rings is 1. The van der Waals surface area contributed by atoms with Gasteiger partial charge in [-0.1, -0.05) is 6.92 Å². The summed E-state index contributed by atoms with van der Waals surface area (Å²) < 4.78 is 1.87. The van der Waals surface area contributed by atoms with Crippen LogP contribution < -0.4 is 15.5 Å². The molecule has 1 aromatic heterocycles. The summed E-state index contributed by atoms with van der Waals surface area (Å²) in [5.74, 6) is 0.780. The van der Waals surface area contributed by atoms with E-state index in [9.17, 15) is 9.59 Å². The van der Waals surface area contributed by atoms with Crippen molar-refractivity contribution in [3.63, 3.8) is 0 Å². The summed E-state index contributed by atoms with van der Waals surface area (Å²) in [6.07, 6.45) is 2.18. The van der Waals surface area contributed by atoms with Crippen LogP contribution >= 0.6 is 0 Å². The van der Waals surface area contributed by atoms with Gasteiger partial charge >= 0.3 is 0 Å². The van der Waals surface area contributed by atoms with Crippen LogP contribution in [0.25, 0.3) is 10.9 Å². The minimum atomic E-state index is -0.358. The van der Waals surface area contributed by atoms with Crippen molar-refractivity contribution in [3.05, 3.63) is 23.9 Å². The second kappa shape index (κ2) is 8.83. The van der Waals surface area contributed by atoms with E-state index in [1.54, 1.807) is 0 Å². The summed E-state index contributed by atoms with van der Waals surface area (Å²) in [5, 5.41) is 11.6. The van der Waals surface area contributed by atoms with Gasteiger partial charge < -0.3 is 10.2 Å². The van der Waals surface area contributed by atoms with Crippen LogP contribution in [0.2, 0.25) is 0 Å². The Kier molecular flexibility index (Phi) is 5.90. The molecule has 4 heterocycles. The van der Waals surface area contributed by atoms with Crippen molar-refractivity contribution < 1.29 is 9.59 Å². The van der Waals surface area contributed by atoms with Crippen LogP contribution in [0.5, 0.6) is 0 Å². The van der Waals surface area contributed by atoms with Crippen LogP contribution in [0.15, 0.2) is 18.2 Å². The van der Waals surface area contributed by atoms with Gasteiger partial charge in [0.1, 0.15) is 0 Å². The number of aryl methyl sites for hydroxylation is 1. The maximum Gasteiger partial charge on any atom is 0.235 e. The van der Waals surface area contributed by atoms with Crippen molar-refractivity contribution in [2.75, 3.05) is 50.7 Å². The molecule has 2 N–H and O–H groups in total.